The Labute approximate surface area is 252 Å². The van der Waals surface area contributed by atoms with Crippen LogP contribution in [0.3, 0.4) is 0 Å². The van der Waals surface area contributed by atoms with Crippen molar-refractivity contribution in [2.75, 3.05) is 11.9 Å². The van der Waals surface area contributed by atoms with Gasteiger partial charge in [0.05, 0.1) is 4.47 Å². The molecule has 8 nitrogen and oxygen atoms in total. The van der Waals surface area contributed by atoms with Gasteiger partial charge in [-0.1, -0.05) is 63.2 Å². The van der Waals surface area contributed by atoms with Gasteiger partial charge in [0.25, 0.3) is 17.7 Å². The number of hydrogen-bond donors (Lipinski definition) is 4. The van der Waals surface area contributed by atoms with Crippen LogP contribution in [0.25, 0.3) is 10.8 Å². The lowest BCUT2D eigenvalue weighted by Crippen LogP contribution is -2.49. The molecular formula is C31H29BrN4O4S. The second-order valence-electron chi connectivity index (χ2n) is 10.2. The summed E-state index contributed by atoms with van der Waals surface area (Å²) in [7, 11) is 0. The Morgan fingerprint density at radius 1 is 0.805 bits per heavy atom. The molecule has 4 aromatic rings. The molecule has 0 bridgehead atoms. The minimum atomic E-state index is -0.495. The third kappa shape index (κ3) is 7.90. The second kappa shape index (κ2) is 12.9. The van der Waals surface area contributed by atoms with E-state index in [0.717, 1.165) is 20.8 Å². The molecule has 41 heavy (non-hydrogen) atoms. The maximum atomic E-state index is 12.6. The van der Waals surface area contributed by atoms with Crippen LogP contribution in [-0.2, 0) is 10.2 Å². The first-order valence-corrected chi connectivity index (χ1v) is 13.9. The highest BCUT2D eigenvalue weighted by Gasteiger charge is 2.15. The number of thiocarbonyl (C=S) groups is 1. The molecule has 0 atom stereocenters. The quantitative estimate of drug-likeness (QED) is 0.156. The van der Waals surface area contributed by atoms with Gasteiger partial charge in [0, 0.05) is 16.8 Å². The highest BCUT2D eigenvalue weighted by atomic mass is 79.9. The smallest absolute Gasteiger partial charge is 0.269 e. The number of hydrogen-bond acceptors (Lipinski definition) is 5. The minimum Gasteiger partial charge on any atom is -0.483 e. The van der Waals surface area contributed by atoms with Crippen LogP contribution in [-0.4, -0.2) is 29.4 Å². The third-order valence-corrected chi connectivity index (χ3v) is 7.17. The molecule has 0 aliphatic rings. The number of carbonyl (C=O) groups is 3. The van der Waals surface area contributed by atoms with Crippen molar-refractivity contribution in [2.24, 2.45) is 0 Å². The molecule has 0 saturated carbocycles. The number of benzene rings is 4. The van der Waals surface area contributed by atoms with Crippen molar-refractivity contribution in [3.05, 3.63) is 106 Å². The molecule has 10 heteroatoms. The van der Waals surface area contributed by atoms with Crippen molar-refractivity contribution < 1.29 is 19.1 Å². The maximum Gasteiger partial charge on any atom is 0.269 e. The van der Waals surface area contributed by atoms with Crippen LogP contribution < -0.4 is 26.2 Å². The van der Waals surface area contributed by atoms with Gasteiger partial charge in [0.2, 0.25) is 0 Å². The first kappa shape index (κ1) is 29.7. The molecule has 0 fully saturated rings. The summed E-state index contributed by atoms with van der Waals surface area (Å²) >= 11 is 8.61. The molecule has 4 rings (SSSR count). The number of fused-ring (bicyclic) bond motifs is 1. The predicted octanol–water partition coefficient (Wildman–Crippen LogP) is 5.87. The minimum absolute atomic E-state index is 0.0000810. The number of carbonyl (C=O) groups excluding carboxylic acids is 3. The zero-order chi connectivity index (χ0) is 29.6. The van der Waals surface area contributed by atoms with Crippen LogP contribution in [0.15, 0.2) is 89.4 Å². The molecule has 4 N–H and O–H groups in total. The number of rotatable bonds is 6. The standard InChI is InChI=1S/C31H29BrN4O4S/c1-31(2,3)22-13-8-20(9-14-22)28(38)33-23-15-10-21(11-16-23)29(39)35-36-30(41)34-26(37)18-40-25-17-12-19-6-4-5-7-24(19)27(25)32/h4-17H,18H2,1-3H3,(H,33,38)(H,35,39)(H2,34,36,37,41). The molecule has 0 unspecified atom stereocenters. The Hall–Kier alpha value is -4.28. The first-order valence-electron chi connectivity index (χ1n) is 12.7. The summed E-state index contributed by atoms with van der Waals surface area (Å²) in [6.07, 6.45) is 0. The molecule has 0 heterocycles. The van der Waals surface area contributed by atoms with Crippen LogP contribution in [0.5, 0.6) is 5.75 Å². The van der Waals surface area contributed by atoms with Gasteiger partial charge < -0.3 is 10.1 Å². The Kier molecular flexibility index (Phi) is 9.36. The molecule has 0 aliphatic heterocycles. The summed E-state index contributed by atoms with van der Waals surface area (Å²) in [5.41, 5.74) is 7.46. The van der Waals surface area contributed by atoms with Gasteiger partial charge in [-0.2, -0.15) is 0 Å². The van der Waals surface area contributed by atoms with Crippen molar-refractivity contribution in [3.8, 4) is 5.75 Å². The molecule has 3 amide bonds. The molecule has 0 spiro atoms. The maximum absolute atomic E-state index is 12.6. The molecule has 0 saturated heterocycles. The van der Waals surface area contributed by atoms with E-state index in [1.165, 1.54) is 0 Å². The van der Waals surface area contributed by atoms with Crippen LogP contribution in [0.2, 0.25) is 0 Å². The van der Waals surface area contributed by atoms with E-state index in [1.807, 2.05) is 42.5 Å². The fourth-order valence-corrected chi connectivity index (χ4v) is 4.65. The van der Waals surface area contributed by atoms with Crippen molar-refractivity contribution in [3.63, 3.8) is 0 Å². The molecule has 0 radical (unpaired) electrons. The van der Waals surface area contributed by atoms with Gasteiger partial charge in [-0.3, -0.25) is 30.6 Å². The van der Waals surface area contributed by atoms with Gasteiger partial charge in [0.15, 0.2) is 11.7 Å². The lowest BCUT2D eigenvalue weighted by molar-refractivity contribution is -0.121. The van der Waals surface area contributed by atoms with Gasteiger partial charge in [-0.25, -0.2) is 0 Å². The summed E-state index contributed by atoms with van der Waals surface area (Å²) in [6, 6.07) is 25.3. The number of hydrazine groups is 1. The Morgan fingerprint density at radius 2 is 1.44 bits per heavy atom. The van der Waals surface area contributed by atoms with Crippen molar-refractivity contribution >= 4 is 67.4 Å². The van der Waals surface area contributed by atoms with Crippen molar-refractivity contribution in [2.45, 2.75) is 26.2 Å². The summed E-state index contributed by atoms with van der Waals surface area (Å²) in [6.45, 7) is 6.06. The van der Waals surface area contributed by atoms with E-state index in [0.29, 0.717) is 22.6 Å². The largest absolute Gasteiger partial charge is 0.483 e. The van der Waals surface area contributed by atoms with E-state index < -0.39 is 11.8 Å². The van der Waals surface area contributed by atoms with E-state index in [1.54, 1.807) is 42.5 Å². The van der Waals surface area contributed by atoms with Crippen LogP contribution in [0, 0.1) is 0 Å². The molecular weight excluding hydrogens is 604 g/mol. The lowest BCUT2D eigenvalue weighted by atomic mass is 9.87. The van der Waals surface area contributed by atoms with Gasteiger partial charge >= 0.3 is 0 Å². The number of nitrogens with one attached hydrogen (secondary N) is 4. The molecule has 0 aliphatic carbocycles. The summed E-state index contributed by atoms with van der Waals surface area (Å²) in [4.78, 5) is 37.4. The topological polar surface area (TPSA) is 109 Å². The van der Waals surface area contributed by atoms with Gasteiger partial charge in [0.1, 0.15) is 5.75 Å². The highest BCUT2D eigenvalue weighted by molar-refractivity contribution is 9.10. The SMILES string of the molecule is CC(C)(C)c1ccc(C(=O)Nc2ccc(C(=O)NNC(=S)NC(=O)COc3ccc4ccccc4c3Br)cc2)cc1. The van der Waals surface area contributed by atoms with Crippen molar-refractivity contribution in [1.82, 2.24) is 16.2 Å². The van der Waals surface area contributed by atoms with Crippen LogP contribution >= 0.6 is 28.1 Å². The highest BCUT2D eigenvalue weighted by Crippen LogP contribution is 2.33. The van der Waals surface area contributed by atoms with Crippen LogP contribution in [0.1, 0.15) is 47.1 Å². The van der Waals surface area contributed by atoms with E-state index in [2.05, 4.69) is 58.2 Å². The molecule has 4 aromatic carbocycles. The van der Waals surface area contributed by atoms with E-state index >= 15 is 0 Å². The monoisotopic (exact) mass is 632 g/mol. The van der Waals surface area contributed by atoms with Gasteiger partial charge in [-0.05, 0) is 92.4 Å². The normalized spacial score (nSPS) is 10.9. The molecule has 210 valence electrons. The predicted molar refractivity (Wildman–Crippen MR) is 168 cm³/mol. The third-order valence-electron chi connectivity index (χ3n) is 6.15. The average molecular weight is 634 g/mol. The zero-order valence-corrected chi connectivity index (χ0v) is 25.1. The Bertz CT molecular complexity index is 1600. The summed E-state index contributed by atoms with van der Waals surface area (Å²) < 4.78 is 6.37. The lowest BCUT2D eigenvalue weighted by Gasteiger charge is -2.19. The summed E-state index contributed by atoms with van der Waals surface area (Å²) in [5.74, 6) is -0.704. The number of halogens is 1. The Balaban J connectivity index is 1.22. The molecule has 0 aromatic heterocycles. The number of ether oxygens (including phenoxy) is 1. The fourth-order valence-electron chi connectivity index (χ4n) is 3.88. The Morgan fingerprint density at radius 3 is 2.12 bits per heavy atom. The second-order valence-corrected chi connectivity index (χ2v) is 11.4. The van der Waals surface area contributed by atoms with E-state index in [4.69, 9.17) is 17.0 Å². The van der Waals surface area contributed by atoms with Crippen molar-refractivity contribution in [1.29, 1.82) is 0 Å². The van der Waals surface area contributed by atoms with E-state index in [-0.39, 0.29) is 23.0 Å². The fraction of sp³-hybridized carbons (Fsp3) is 0.161. The number of amides is 3. The summed E-state index contributed by atoms with van der Waals surface area (Å²) in [5, 5.41) is 7.18. The van der Waals surface area contributed by atoms with E-state index in [9.17, 15) is 14.4 Å². The number of anilines is 1. The average Bonchev–Trinajstić information content (AvgIpc) is 2.95. The zero-order valence-electron chi connectivity index (χ0n) is 22.7. The van der Waals surface area contributed by atoms with Crippen LogP contribution in [0.4, 0.5) is 5.69 Å². The first-order chi connectivity index (χ1) is 19.5. The van der Waals surface area contributed by atoms with Gasteiger partial charge in [-0.15, -0.1) is 0 Å².